The molecule has 0 unspecified atom stereocenters. The van der Waals surface area contributed by atoms with Gasteiger partial charge in [0, 0.05) is 12.2 Å². The van der Waals surface area contributed by atoms with Crippen molar-refractivity contribution in [3.05, 3.63) is 66.0 Å². The molecule has 2 aromatic carbocycles. The monoisotopic (exact) mass is 316 g/mol. The zero-order chi connectivity index (χ0) is 15.8. The third-order valence-corrected chi connectivity index (χ3v) is 3.84. The summed E-state index contributed by atoms with van der Waals surface area (Å²) < 4.78 is 12.9. The molecule has 0 radical (unpaired) electrons. The Hall–Kier alpha value is -1.94. The fraction of sp³-hybridized carbons (Fsp3) is 0.278. The molecular weight excluding hydrogens is 295 g/mol. The zero-order valence-electron chi connectivity index (χ0n) is 12.7. The van der Waals surface area contributed by atoms with Crippen molar-refractivity contribution >= 4 is 23.0 Å². The largest absolute Gasteiger partial charge is 0.362 e. The summed E-state index contributed by atoms with van der Waals surface area (Å²) in [5, 5.41) is 6.88. The van der Waals surface area contributed by atoms with Gasteiger partial charge in [-0.15, -0.1) is 0 Å². The summed E-state index contributed by atoms with van der Waals surface area (Å²) in [6.45, 7) is 3.00. The molecule has 0 bridgehead atoms. The van der Waals surface area contributed by atoms with Crippen LogP contribution in [0.1, 0.15) is 18.9 Å². The molecule has 0 heterocycles. The molecule has 2 rings (SSSR count). The summed E-state index contributed by atoms with van der Waals surface area (Å²) in [7, 11) is 0. The lowest BCUT2D eigenvalue weighted by molar-refractivity contribution is 0.498. The number of anilines is 1. The Kier molecular flexibility index (Phi) is 6.34. The Morgan fingerprint density at radius 2 is 1.77 bits per heavy atom. The van der Waals surface area contributed by atoms with Crippen LogP contribution in [0.25, 0.3) is 0 Å². The van der Waals surface area contributed by atoms with Crippen LogP contribution < -0.4 is 10.6 Å². The summed E-state index contributed by atoms with van der Waals surface area (Å²) in [6.07, 6.45) is 2.12. The van der Waals surface area contributed by atoms with Gasteiger partial charge in [-0.1, -0.05) is 43.7 Å². The van der Waals surface area contributed by atoms with Crippen LogP contribution >= 0.6 is 12.2 Å². The molecule has 0 aliphatic heterocycles. The molecule has 0 saturated carbocycles. The average molecular weight is 316 g/mol. The molecule has 1 atom stereocenters. The van der Waals surface area contributed by atoms with Crippen molar-refractivity contribution < 1.29 is 4.39 Å². The minimum atomic E-state index is -0.252. The summed E-state index contributed by atoms with van der Waals surface area (Å²) in [5.41, 5.74) is 2.13. The number of benzene rings is 2. The number of hydrogen-bond acceptors (Lipinski definition) is 1. The SMILES string of the molecule is CC[C@H](CNC(=S)Nc1ccc(F)cc1)Cc1ccccc1. The minimum Gasteiger partial charge on any atom is -0.362 e. The first kappa shape index (κ1) is 16.4. The molecule has 0 aliphatic carbocycles. The molecule has 0 spiro atoms. The van der Waals surface area contributed by atoms with E-state index in [1.807, 2.05) is 6.07 Å². The van der Waals surface area contributed by atoms with Crippen molar-refractivity contribution in [3.8, 4) is 0 Å². The predicted molar refractivity (Wildman–Crippen MR) is 94.6 cm³/mol. The van der Waals surface area contributed by atoms with Crippen LogP contribution in [0.3, 0.4) is 0 Å². The maximum atomic E-state index is 12.9. The Bertz CT molecular complexity index is 584. The highest BCUT2D eigenvalue weighted by atomic mass is 32.1. The molecule has 0 fully saturated rings. The summed E-state index contributed by atoms with van der Waals surface area (Å²) in [6, 6.07) is 16.6. The van der Waals surface area contributed by atoms with E-state index >= 15 is 0 Å². The smallest absolute Gasteiger partial charge is 0.170 e. The quantitative estimate of drug-likeness (QED) is 0.773. The maximum absolute atomic E-state index is 12.9. The van der Waals surface area contributed by atoms with Gasteiger partial charge in [0.2, 0.25) is 0 Å². The number of thiocarbonyl (C=S) groups is 1. The topological polar surface area (TPSA) is 24.1 Å². The highest BCUT2D eigenvalue weighted by Crippen LogP contribution is 2.12. The molecule has 116 valence electrons. The standard InChI is InChI=1S/C18H21FN2S/c1-2-14(12-15-6-4-3-5-7-15)13-20-18(22)21-17-10-8-16(19)9-11-17/h3-11,14H,2,12-13H2,1H3,(H2,20,21,22)/t14-/m0/s1. The summed E-state index contributed by atoms with van der Waals surface area (Å²) in [5.74, 6) is 0.272. The number of halogens is 1. The van der Waals surface area contributed by atoms with E-state index in [9.17, 15) is 4.39 Å². The van der Waals surface area contributed by atoms with Crippen molar-refractivity contribution in [3.63, 3.8) is 0 Å². The van der Waals surface area contributed by atoms with Gasteiger partial charge >= 0.3 is 0 Å². The Balaban J connectivity index is 1.79. The fourth-order valence-electron chi connectivity index (χ4n) is 2.25. The van der Waals surface area contributed by atoms with Gasteiger partial charge in [-0.3, -0.25) is 0 Å². The van der Waals surface area contributed by atoms with Gasteiger partial charge in [0.15, 0.2) is 5.11 Å². The van der Waals surface area contributed by atoms with Crippen LogP contribution in [0.2, 0.25) is 0 Å². The van der Waals surface area contributed by atoms with Crippen LogP contribution in [0, 0.1) is 11.7 Å². The van der Waals surface area contributed by atoms with Crippen LogP contribution in [-0.4, -0.2) is 11.7 Å². The molecule has 4 heteroatoms. The lowest BCUT2D eigenvalue weighted by atomic mass is 9.97. The molecular formula is C18H21FN2S. The first-order chi connectivity index (χ1) is 10.7. The third kappa shape index (κ3) is 5.45. The predicted octanol–water partition coefficient (Wildman–Crippen LogP) is 4.38. The van der Waals surface area contributed by atoms with Crippen molar-refractivity contribution in [2.45, 2.75) is 19.8 Å². The minimum absolute atomic E-state index is 0.252. The second-order valence-corrected chi connectivity index (χ2v) is 5.71. The second-order valence-electron chi connectivity index (χ2n) is 5.31. The molecule has 22 heavy (non-hydrogen) atoms. The van der Waals surface area contributed by atoms with Crippen molar-refractivity contribution in [1.29, 1.82) is 0 Å². The summed E-state index contributed by atoms with van der Waals surface area (Å²) in [4.78, 5) is 0. The molecule has 0 aromatic heterocycles. The Morgan fingerprint density at radius 1 is 1.09 bits per heavy atom. The van der Waals surface area contributed by atoms with Gasteiger partial charge in [-0.2, -0.15) is 0 Å². The van der Waals surface area contributed by atoms with Crippen LogP contribution in [0.15, 0.2) is 54.6 Å². The average Bonchev–Trinajstić information content (AvgIpc) is 2.54. The molecule has 0 amide bonds. The van der Waals surface area contributed by atoms with Crippen LogP contribution in [0.5, 0.6) is 0 Å². The van der Waals surface area contributed by atoms with Crippen LogP contribution in [-0.2, 0) is 6.42 Å². The lowest BCUT2D eigenvalue weighted by Gasteiger charge is -2.17. The second kappa shape index (κ2) is 8.49. The van der Waals surface area contributed by atoms with E-state index in [0.717, 1.165) is 25.1 Å². The molecule has 0 aliphatic rings. The first-order valence-corrected chi connectivity index (χ1v) is 7.92. The van der Waals surface area contributed by atoms with Gasteiger partial charge in [-0.05, 0) is 54.4 Å². The van der Waals surface area contributed by atoms with Crippen molar-refractivity contribution in [2.75, 3.05) is 11.9 Å². The van der Waals surface area contributed by atoms with E-state index in [4.69, 9.17) is 12.2 Å². The van der Waals surface area contributed by atoms with E-state index in [2.05, 4.69) is 41.8 Å². The third-order valence-electron chi connectivity index (χ3n) is 3.60. The number of rotatable bonds is 6. The highest BCUT2D eigenvalue weighted by Gasteiger charge is 2.08. The highest BCUT2D eigenvalue weighted by molar-refractivity contribution is 7.80. The first-order valence-electron chi connectivity index (χ1n) is 7.51. The van der Waals surface area contributed by atoms with Crippen LogP contribution in [0.4, 0.5) is 10.1 Å². The summed E-state index contributed by atoms with van der Waals surface area (Å²) >= 11 is 5.28. The molecule has 2 aromatic rings. The van der Waals surface area contributed by atoms with E-state index < -0.39 is 0 Å². The zero-order valence-corrected chi connectivity index (χ0v) is 13.5. The number of hydrogen-bond donors (Lipinski definition) is 2. The molecule has 2 N–H and O–H groups in total. The van der Waals surface area contributed by atoms with E-state index in [-0.39, 0.29) is 5.82 Å². The van der Waals surface area contributed by atoms with Gasteiger partial charge in [0.05, 0.1) is 0 Å². The van der Waals surface area contributed by atoms with Gasteiger partial charge in [0.25, 0.3) is 0 Å². The van der Waals surface area contributed by atoms with Gasteiger partial charge < -0.3 is 10.6 Å². The Morgan fingerprint density at radius 3 is 2.41 bits per heavy atom. The van der Waals surface area contributed by atoms with Crippen molar-refractivity contribution in [2.24, 2.45) is 5.92 Å². The molecule has 0 saturated heterocycles. The van der Waals surface area contributed by atoms with E-state index in [1.54, 1.807) is 12.1 Å². The van der Waals surface area contributed by atoms with Gasteiger partial charge in [0.1, 0.15) is 5.82 Å². The Labute approximate surface area is 136 Å². The van der Waals surface area contributed by atoms with E-state index in [0.29, 0.717) is 11.0 Å². The normalized spacial score (nSPS) is 11.7. The van der Waals surface area contributed by atoms with E-state index in [1.165, 1.54) is 17.7 Å². The van der Waals surface area contributed by atoms with Gasteiger partial charge in [-0.25, -0.2) is 4.39 Å². The van der Waals surface area contributed by atoms with Crippen molar-refractivity contribution in [1.82, 2.24) is 5.32 Å². The maximum Gasteiger partial charge on any atom is 0.170 e. The lowest BCUT2D eigenvalue weighted by Crippen LogP contribution is -2.33. The fourth-order valence-corrected chi connectivity index (χ4v) is 2.46. The molecule has 2 nitrogen and oxygen atoms in total. The number of nitrogens with one attached hydrogen (secondary N) is 2.